The summed E-state index contributed by atoms with van der Waals surface area (Å²) in [5.41, 5.74) is 7.78. The first-order valence-electron chi connectivity index (χ1n) is 10.4. The van der Waals surface area contributed by atoms with E-state index in [9.17, 15) is 14.0 Å². The van der Waals surface area contributed by atoms with E-state index in [1.54, 1.807) is 28.0 Å². The van der Waals surface area contributed by atoms with Crippen LogP contribution in [0.2, 0.25) is 5.02 Å². The number of halogens is 2. The molecule has 3 heterocycles. The summed E-state index contributed by atoms with van der Waals surface area (Å²) in [6.45, 7) is 5.15. The van der Waals surface area contributed by atoms with Gasteiger partial charge in [0.05, 0.1) is 33.5 Å². The van der Waals surface area contributed by atoms with Gasteiger partial charge in [-0.05, 0) is 24.3 Å². The third-order valence-corrected chi connectivity index (χ3v) is 7.33. The van der Waals surface area contributed by atoms with E-state index in [0.29, 0.717) is 65.3 Å². The van der Waals surface area contributed by atoms with E-state index in [-0.39, 0.29) is 28.0 Å². The Hall–Kier alpha value is -3.17. The van der Waals surface area contributed by atoms with Crippen molar-refractivity contribution in [1.29, 1.82) is 0 Å². The van der Waals surface area contributed by atoms with E-state index in [1.807, 2.05) is 0 Å². The molecule has 10 heteroatoms. The van der Waals surface area contributed by atoms with Crippen molar-refractivity contribution in [3.63, 3.8) is 0 Å². The molecular formula is C23H20ClFN4O3S. The fourth-order valence-electron chi connectivity index (χ4n) is 4.43. The zero-order chi connectivity index (χ0) is 23.3. The summed E-state index contributed by atoms with van der Waals surface area (Å²) in [4.78, 5) is 33.2. The number of rotatable bonds is 2. The molecule has 2 aromatic carbocycles. The normalized spacial score (nSPS) is 18.2. The minimum atomic E-state index is -0.406. The molecule has 2 aliphatic rings. The van der Waals surface area contributed by atoms with Gasteiger partial charge in [-0.3, -0.25) is 9.59 Å². The van der Waals surface area contributed by atoms with E-state index >= 15 is 0 Å². The van der Waals surface area contributed by atoms with Gasteiger partial charge in [0.15, 0.2) is 10.9 Å². The number of hydrogen-bond donors (Lipinski definition) is 1. The van der Waals surface area contributed by atoms with Crippen molar-refractivity contribution < 1.29 is 18.7 Å². The van der Waals surface area contributed by atoms with Crippen molar-refractivity contribution >= 4 is 50.1 Å². The van der Waals surface area contributed by atoms with Gasteiger partial charge in [0.1, 0.15) is 5.82 Å². The highest BCUT2D eigenvalue weighted by atomic mass is 35.5. The Morgan fingerprint density at radius 2 is 2.03 bits per heavy atom. The lowest BCUT2D eigenvalue weighted by Gasteiger charge is -2.42. The zero-order valence-electron chi connectivity index (χ0n) is 17.5. The Labute approximate surface area is 198 Å². The fourth-order valence-corrected chi connectivity index (χ4v) is 5.52. The topological polar surface area (TPSA) is 88.8 Å². The number of aromatic nitrogens is 1. The van der Waals surface area contributed by atoms with Crippen LogP contribution in [0.4, 0.5) is 9.52 Å². The van der Waals surface area contributed by atoms with Crippen LogP contribution < -0.4 is 10.5 Å². The zero-order valence-corrected chi connectivity index (χ0v) is 19.1. The molecule has 1 atom stereocenters. The Bertz CT molecular complexity index is 1310. The summed E-state index contributed by atoms with van der Waals surface area (Å²) in [6, 6.07) is 6.19. The smallest absolute Gasteiger partial charge is 0.258 e. The summed E-state index contributed by atoms with van der Waals surface area (Å²) in [6.07, 6.45) is 1.84. The van der Waals surface area contributed by atoms with E-state index in [1.165, 1.54) is 12.1 Å². The maximum Gasteiger partial charge on any atom is 0.258 e. The molecule has 5 rings (SSSR count). The predicted molar refractivity (Wildman–Crippen MR) is 126 cm³/mol. The van der Waals surface area contributed by atoms with E-state index in [0.717, 1.165) is 11.3 Å². The van der Waals surface area contributed by atoms with Crippen LogP contribution in [0.1, 0.15) is 16.8 Å². The first-order chi connectivity index (χ1) is 15.9. The van der Waals surface area contributed by atoms with E-state index in [4.69, 9.17) is 22.1 Å². The molecule has 7 nitrogen and oxygen atoms in total. The molecule has 0 bridgehead atoms. The van der Waals surface area contributed by atoms with Gasteiger partial charge >= 0.3 is 0 Å². The minimum Gasteiger partial charge on any atom is -0.491 e. The number of benzene rings is 2. The molecule has 0 radical (unpaired) electrons. The van der Waals surface area contributed by atoms with Crippen molar-refractivity contribution in [1.82, 2.24) is 14.8 Å². The summed E-state index contributed by atoms with van der Waals surface area (Å²) in [5, 5.41) is 0.518. The highest BCUT2D eigenvalue weighted by Crippen LogP contribution is 2.43. The number of nitrogens with two attached hydrogens (primary N) is 1. The van der Waals surface area contributed by atoms with Crippen molar-refractivity contribution in [2.24, 2.45) is 0 Å². The number of nitrogen functional groups attached to an aromatic ring is 1. The van der Waals surface area contributed by atoms with Crippen molar-refractivity contribution in [2.45, 2.75) is 12.5 Å². The lowest BCUT2D eigenvalue weighted by molar-refractivity contribution is -0.128. The number of fused-ring (bicyclic) bond motifs is 3. The highest BCUT2D eigenvalue weighted by Gasteiger charge is 2.35. The summed E-state index contributed by atoms with van der Waals surface area (Å²) < 4.78 is 20.6. The second-order valence-corrected chi connectivity index (χ2v) is 9.32. The van der Waals surface area contributed by atoms with Crippen molar-refractivity contribution in [3.8, 4) is 16.9 Å². The van der Waals surface area contributed by atoms with Gasteiger partial charge in [0.25, 0.3) is 5.91 Å². The lowest BCUT2D eigenvalue weighted by atomic mass is 9.99. The monoisotopic (exact) mass is 486 g/mol. The number of carbonyl (C=O) groups is 2. The molecule has 1 fully saturated rings. The maximum atomic E-state index is 14.3. The molecule has 0 aliphatic carbocycles. The maximum absolute atomic E-state index is 14.3. The second kappa shape index (κ2) is 8.31. The van der Waals surface area contributed by atoms with E-state index in [2.05, 4.69) is 11.6 Å². The Morgan fingerprint density at radius 3 is 2.82 bits per heavy atom. The molecule has 1 unspecified atom stereocenters. The number of piperazine rings is 1. The van der Waals surface area contributed by atoms with Crippen LogP contribution >= 0.6 is 22.9 Å². The minimum absolute atomic E-state index is 0.147. The molecule has 0 spiro atoms. The second-order valence-electron chi connectivity index (χ2n) is 7.91. The Balaban J connectivity index is 1.54. The van der Waals surface area contributed by atoms with Gasteiger partial charge in [-0.15, -0.1) is 0 Å². The molecule has 1 aromatic heterocycles. The number of anilines is 1. The number of nitrogens with zero attached hydrogens (tertiary/aromatic N) is 3. The first-order valence-corrected chi connectivity index (χ1v) is 11.6. The molecule has 1 saturated heterocycles. The van der Waals surface area contributed by atoms with Crippen LogP contribution in [-0.2, 0) is 4.79 Å². The van der Waals surface area contributed by atoms with Crippen LogP contribution in [0.5, 0.6) is 5.75 Å². The highest BCUT2D eigenvalue weighted by molar-refractivity contribution is 7.22. The molecular weight excluding hydrogens is 467 g/mol. The standard InChI is InChI=1S/C23H20ClFN4O3S/c1-2-17(30)28-8-9-29-12(11-28)7-10-32-20-15(22(29)31)4-3-13(18(20)24)14-5-6-16(25)21-19(14)27-23(26)33-21/h2-6,12H,1,7-11H2,(H2,26,27). The third kappa shape index (κ3) is 3.61. The number of ether oxygens (including phenoxy) is 1. The van der Waals surface area contributed by atoms with Crippen molar-refractivity contribution in [3.05, 3.63) is 53.3 Å². The predicted octanol–water partition coefficient (Wildman–Crippen LogP) is 3.96. The largest absolute Gasteiger partial charge is 0.491 e. The molecule has 0 saturated carbocycles. The molecule has 2 amide bonds. The number of hydrogen-bond acceptors (Lipinski definition) is 6. The van der Waals surface area contributed by atoms with Crippen LogP contribution in [0.15, 0.2) is 36.9 Å². The average molecular weight is 487 g/mol. The summed E-state index contributed by atoms with van der Waals surface area (Å²) in [5.74, 6) is -0.456. The van der Waals surface area contributed by atoms with Gasteiger partial charge < -0.3 is 20.3 Å². The molecule has 3 aromatic rings. The molecule has 170 valence electrons. The van der Waals surface area contributed by atoms with Gasteiger partial charge in [0.2, 0.25) is 5.91 Å². The number of amides is 2. The Morgan fingerprint density at radius 1 is 1.27 bits per heavy atom. The van der Waals surface area contributed by atoms with E-state index < -0.39 is 5.82 Å². The van der Waals surface area contributed by atoms with Gasteiger partial charge in [0, 0.05) is 37.2 Å². The summed E-state index contributed by atoms with van der Waals surface area (Å²) in [7, 11) is 0. The van der Waals surface area contributed by atoms with Crippen LogP contribution in [0, 0.1) is 5.82 Å². The van der Waals surface area contributed by atoms with Crippen molar-refractivity contribution in [2.75, 3.05) is 32.0 Å². The quantitative estimate of drug-likeness (QED) is 0.554. The molecule has 33 heavy (non-hydrogen) atoms. The van der Waals surface area contributed by atoms with Gasteiger partial charge in [-0.25, -0.2) is 9.37 Å². The van der Waals surface area contributed by atoms with Crippen LogP contribution in [0.25, 0.3) is 21.3 Å². The molecule has 2 N–H and O–H groups in total. The third-order valence-electron chi connectivity index (χ3n) is 6.06. The van der Waals surface area contributed by atoms with Gasteiger partial charge in [-0.2, -0.15) is 0 Å². The fraction of sp³-hybridized carbons (Fsp3) is 0.261. The first kappa shape index (κ1) is 21.7. The number of carbonyl (C=O) groups excluding carboxylic acids is 2. The van der Waals surface area contributed by atoms with Crippen LogP contribution in [0.3, 0.4) is 0 Å². The Kier molecular flexibility index (Phi) is 5.46. The van der Waals surface area contributed by atoms with Crippen LogP contribution in [-0.4, -0.2) is 58.9 Å². The lowest BCUT2D eigenvalue weighted by Crippen LogP contribution is -2.57. The van der Waals surface area contributed by atoms with Gasteiger partial charge in [-0.1, -0.05) is 35.6 Å². The SMILES string of the molecule is C=CC(=O)N1CCN2C(=O)c3ccc(-c4ccc(F)c5sc(N)nc45)c(Cl)c3OCCC2C1. The number of thiazole rings is 1. The average Bonchev–Trinajstić information content (AvgIpc) is 3.21. The summed E-state index contributed by atoms with van der Waals surface area (Å²) >= 11 is 7.82. The molecule has 2 aliphatic heterocycles.